The summed E-state index contributed by atoms with van der Waals surface area (Å²) in [5.41, 5.74) is 2.28. The molecule has 4 nitrogen and oxygen atoms in total. The summed E-state index contributed by atoms with van der Waals surface area (Å²) < 4.78 is 13.3. The lowest BCUT2D eigenvalue weighted by atomic mass is 9.75. The minimum Gasteiger partial charge on any atom is -0.394 e. The summed E-state index contributed by atoms with van der Waals surface area (Å²) in [5.74, 6) is 5.40. The molecule has 1 saturated heterocycles. The van der Waals surface area contributed by atoms with Crippen LogP contribution in [0.25, 0.3) is 0 Å². The normalized spacial score (nSPS) is 23.2. The lowest BCUT2D eigenvalue weighted by molar-refractivity contribution is -0.151. The van der Waals surface area contributed by atoms with E-state index >= 15 is 0 Å². The van der Waals surface area contributed by atoms with Crippen LogP contribution in [-0.4, -0.2) is 34.6 Å². The molecule has 152 valence electrons. The van der Waals surface area contributed by atoms with Crippen molar-refractivity contribution < 1.29 is 14.3 Å². The third kappa shape index (κ3) is 3.82. The number of hydrogen-bond acceptors (Lipinski definition) is 3. The van der Waals surface area contributed by atoms with Crippen LogP contribution in [0.4, 0.5) is 4.39 Å². The second kappa shape index (κ2) is 8.69. The monoisotopic (exact) mass is 402 g/mol. The Hall–Kier alpha value is -3.15. The highest BCUT2D eigenvalue weighted by Crippen LogP contribution is 2.42. The zero-order valence-electron chi connectivity index (χ0n) is 16.6. The van der Waals surface area contributed by atoms with Gasteiger partial charge in [-0.2, -0.15) is 5.26 Å². The molecular weight excluding hydrogens is 379 g/mol. The Labute approximate surface area is 175 Å². The third-order valence-electron chi connectivity index (χ3n) is 6.16. The van der Waals surface area contributed by atoms with Crippen molar-refractivity contribution in [2.24, 2.45) is 5.92 Å². The molecule has 0 unspecified atom stereocenters. The minimum atomic E-state index is -0.556. The van der Waals surface area contributed by atoms with Crippen molar-refractivity contribution in [3.8, 4) is 17.9 Å². The molecule has 4 rings (SSSR count). The Balaban J connectivity index is 1.51. The molecular formula is C25H23FN2O2. The summed E-state index contributed by atoms with van der Waals surface area (Å²) in [7, 11) is 0. The quantitative estimate of drug-likeness (QED) is 0.798. The molecule has 5 heteroatoms. The Morgan fingerprint density at radius 1 is 1.10 bits per heavy atom. The first kappa shape index (κ1) is 20.1. The maximum Gasteiger partial charge on any atom is 0.227 e. The van der Waals surface area contributed by atoms with Gasteiger partial charge in [0.15, 0.2) is 0 Å². The molecule has 2 aliphatic rings. The molecule has 0 bridgehead atoms. The maximum absolute atomic E-state index is 13.3. The molecule has 1 aliphatic heterocycles. The number of likely N-dealkylation sites (tertiary alicyclic amines) is 1. The van der Waals surface area contributed by atoms with Gasteiger partial charge in [-0.15, -0.1) is 0 Å². The van der Waals surface area contributed by atoms with Crippen molar-refractivity contribution in [1.82, 2.24) is 4.90 Å². The molecule has 2 aromatic carbocycles. The first-order valence-corrected chi connectivity index (χ1v) is 10.3. The first-order chi connectivity index (χ1) is 14.6. The molecule has 1 N–H and O–H groups in total. The van der Waals surface area contributed by atoms with Gasteiger partial charge in [0.25, 0.3) is 0 Å². The predicted molar refractivity (Wildman–Crippen MR) is 111 cm³/mol. The molecule has 0 spiro atoms. The predicted octanol–water partition coefficient (Wildman–Crippen LogP) is 3.59. The Morgan fingerprint density at radius 2 is 1.80 bits per heavy atom. The molecule has 30 heavy (non-hydrogen) atoms. The fourth-order valence-electron chi connectivity index (χ4n) is 4.59. The zero-order chi connectivity index (χ0) is 21.1. The number of amides is 1. The van der Waals surface area contributed by atoms with Crippen LogP contribution in [0.15, 0.2) is 48.5 Å². The van der Waals surface area contributed by atoms with E-state index in [9.17, 15) is 19.6 Å². The molecule has 0 aromatic heterocycles. The van der Waals surface area contributed by atoms with E-state index in [1.165, 1.54) is 12.1 Å². The van der Waals surface area contributed by atoms with Crippen LogP contribution >= 0.6 is 0 Å². The lowest BCUT2D eigenvalue weighted by Gasteiger charge is -2.52. The number of carbonyl (C=O) groups excluding carboxylic acids is 1. The summed E-state index contributed by atoms with van der Waals surface area (Å²) in [4.78, 5) is 14.5. The van der Waals surface area contributed by atoms with Gasteiger partial charge in [-0.3, -0.25) is 4.79 Å². The minimum absolute atomic E-state index is 0.00642. The van der Waals surface area contributed by atoms with Gasteiger partial charge >= 0.3 is 0 Å². The van der Waals surface area contributed by atoms with Crippen LogP contribution in [-0.2, 0) is 4.79 Å². The molecule has 2 fully saturated rings. The van der Waals surface area contributed by atoms with Gasteiger partial charge in [0.05, 0.1) is 18.7 Å². The van der Waals surface area contributed by atoms with Gasteiger partial charge in [0, 0.05) is 23.0 Å². The summed E-state index contributed by atoms with van der Waals surface area (Å²) in [6.45, 7) is -0.164. The molecule has 1 heterocycles. The van der Waals surface area contributed by atoms with Gasteiger partial charge in [0.1, 0.15) is 11.9 Å². The summed E-state index contributed by atoms with van der Waals surface area (Å²) in [5, 5.41) is 19.6. The topological polar surface area (TPSA) is 64.3 Å². The van der Waals surface area contributed by atoms with Crippen LogP contribution < -0.4 is 0 Å². The molecule has 1 saturated carbocycles. The van der Waals surface area contributed by atoms with Gasteiger partial charge in [0.2, 0.25) is 5.91 Å². The van der Waals surface area contributed by atoms with Gasteiger partial charge < -0.3 is 10.0 Å². The van der Waals surface area contributed by atoms with Gasteiger partial charge in [-0.05, 0) is 48.7 Å². The number of nitrogens with zero attached hydrogens (tertiary/aromatic N) is 2. The summed E-state index contributed by atoms with van der Waals surface area (Å²) in [6.07, 6.45) is 3.84. The number of rotatable bonds is 3. The van der Waals surface area contributed by atoms with Crippen LogP contribution in [0.1, 0.15) is 48.3 Å². The van der Waals surface area contributed by atoms with Gasteiger partial charge in [-0.1, -0.05) is 42.9 Å². The van der Waals surface area contributed by atoms with E-state index in [4.69, 9.17) is 0 Å². The zero-order valence-corrected chi connectivity index (χ0v) is 16.6. The van der Waals surface area contributed by atoms with Crippen LogP contribution in [0.3, 0.4) is 0 Å². The van der Waals surface area contributed by atoms with Crippen molar-refractivity contribution in [3.63, 3.8) is 0 Å². The largest absolute Gasteiger partial charge is 0.394 e. The van der Waals surface area contributed by atoms with Crippen LogP contribution in [0.5, 0.6) is 0 Å². The molecule has 1 amide bonds. The number of halogens is 1. The SMILES string of the molecule is N#C[C@H]1[C@H](c2ccc(C#Cc3cccc(F)c3)cc2)[C@@H](CO)N1C(=O)C1CCCC1. The standard InChI is InChI=1S/C25H23FN2O2/c26-21-7-3-4-18(14-21)9-8-17-10-12-19(13-11-17)24-22(15-27)28(23(24)16-29)25(30)20-5-1-2-6-20/h3-4,7,10-14,20,22-24,29H,1-2,5-6,16H2/t22-,23+,24-/m0/s1. The molecule has 3 atom stereocenters. The first-order valence-electron chi connectivity index (χ1n) is 10.3. The Morgan fingerprint density at radius 3 is 2.43 bits per heavy atom. The van der Waals surface area contributed by atoms with Crippen LogP contribution in [0, 0.1) is 34.9 Å². The number of hydrogen-bond donors (Lipinski definition) is 1. The highest BCUT2D eigenvalue weighted by atomic mass is 19.1. The Bertz CT molecular complexity index is 1030. The fourth-order valence-corrected chi connectivity index (χ4v) is 4.59. The second-order valence-corrected chi connectivity index (χ2v) is 7.96. The van der Waals surface area contributed by atoms with Gasteiger partial charge in [-0.25, -0.2) is 4.39 Å². The number of aliphatic hydroxyl groups is 1. The smallest absolute Gasteiger partial charge is 0.227 e. The second-order valence-electron chi connectivity index (χ2n) is 7.96. The number of benzene rings is 2. The van der Waals surface area contributed by atoms with Crippen molar-refractivity contribution in [2.75, 3.05) is 6.61 Å². The van der Waals surface area contributed by atoms with Crippen molar-refractivity contribution in [2.45, 2.75) is 43.7 Å². The van der Waals surface area contributed by atoms with E-state index < -0.39 is 6.04 Å². The number of aliphatic hydroxyl groups excluding tert-OH is 1. The summed E-state index contributed by atoms with van der Waals surface area (Å²) in [6, 6.07) is 15.0. The summed E-state index contributed by atoms with van der Waals surface area (Å²) >= 11 is 0. The van der Waals surface area contributed by atoms with E-state index in [0.717, 1.165) is 36.8 Å². The van der Waals surface area contributed by atoms with E-state index in [2.05, 4.69) is 17.9 Å². The number of carbonyl (C=O) groups is 1. The molecule has 1 aliphatic carbocycles. The average Bonchev–Trinajstić information content (AvgIpc) is 3.28. The van der Waals surface area contributed by atoms with E-state index in [-0.39, 0.29) is 36.2 Å². The highest BCUT2D eigenvalue weighted by Gasteiger charge is 2.52. The number of nitriles is 1. The van der Waals surface area contributed by atoms with Crippen molar-refractivity contribution >= 4 is 5.91 Å². The van der Waals surface area contributed by atoms with E-state index in [1.54, 1.807) is 17.0 Å². The fraction of sp³-hybridized carbons (Fsp3) is 0.360. The highest BCUT2D eigenvalue weighted by molar-refractivity contribution is 5.82. The van der Waals surface area contributed by atoms with E-state index in [0.29, 0.717) is 5.56 Å². The van der Waals surface area contributed by atoms with Crippen LogP contribution in [0.2, 0.25) is 0 Å². The average molecular weight is 402 g/mol. The lowest BCUT2D eigenvalue weighted by Crippen LogP contribution is -2.66. The Kier molecular flexibility index (Phi) is 5.84. The maximum atomic E-state index is 13.3. The van der Waals surface area contributed by atoms with Crippen molar-refractivity contribution in [1.29, 1.82) is 5.26 Å². The third-order valence-corrected chi connectivity index (χ3v) is 6.16. The van der Waals surface area contributed by atoms with Crippen molar-refractivity contribution in [3.05, 3.63) is 71.0 Å². The molecule has 2 aromatic rings. The molecule has 0 radical (unpaired) electrons. The van der Waals surface area contributed by atoms with E-state index in [1.807, 2.05) is 24.3 Å².